The van der Waals surface area contributed by atoms with Gasteiger partial charge in [0.25, 0.3) is 0 Å². The molecule has 1 atom stereocenters. The number of halogens is 2. The second-order valence-corrected chi connectivity index (χ2v) is 6.07. The molecule has 1 aliphatic rings. The number of carbonyl (C=O) groups is 1. The summed E-state index contributed by atoms with van der Waals surface area (Å²) < 4.78 is 19.1. The Labute approximate surface area is 135 Å². The molecule has 1 saturated carbocycles. The fourth-order valence-corrected chi connectivity index (χ4v) is 3.38. The third-order valence-electron chi connectivity index (χ3n) is 4.32. The number of carbonyl (C=O) groups excluding carboxylic acids is 1. The van der Waals surface area contributed by atoms with Crippen LogP contribution in [0.25, 0.3) is 0 Å². The molecule has 0 spiro atoms. The average Bonchev–Trinajstić information content (AvgIpc) is 2.99. The van der Waals surface area contributed by atoms with Gasteiger partial charge in [-0.3, -0.25) is 4.90 Å². The van der Waals surface area contributed by atoms with Crippen LogP contribution < -0.4 is 5.73 Å². The van der Waals surface area contributed by atoms with Crippen LogP contribution in [-0.4, -0.2) is 30.2 Å². The molecule has 1 aromatic carbocycles. The third-order valence-corrected chi connectivity index (χ3v) is 4.61. The molecule has 0 aliphatic heterocycles. The van der Waals surface area contributed by atoms with Gasteiger partial charge in [0.15, 0.2) is 0 Å². The Morgan fingerprint density at radius 2 is 2.18 bits per heavy atom. The normalized spacial score (nSPS) is 16.9. The summed E-state index contributed by atoms with van der Waals surface area (Å²) in [5.74, 6) is -0.379. The monoisotopic (exact) mass is 328 g/mol. The maximum absolute atomic E-state index is 14.3. The molecule has 6 heteroatoms. The van der Waals surface area contributed by atoms with Crippen LogP contribution in [0, 0.1) is 5.82 Å². The SMILES string of the molecule is CC(c1cccc(Cl)c1F)N(CCOC(N)=O)C1CCCC1. The Hall–Kier alpha value is -1.33. The molecule has 1 unspecified atom stereocenters. The standard InChI is InChI=1S/C16H22ClFN2O2/c1-11(13-7-4-8-14(17)15(13)18)20(9-10-22-16(19)21)12-5-2-3-6-12/h4,7-8,11-12H,2-3,5-6,9-10H2,1H3,(H2,19,21). The Balaban J connectivity index is 2.15. The predicted molar refractivity (Wildman–Crippen MR) is 84.3 cm³/mol. The minimum absolute atomic E-state index is 0.129. The maximum atomic E-state index is 14.3. The van der Waals surface area contributed by atoms with Crippen molar-refractivity contribution < 1.29 is 13.9 Å². The summed E-state index contributed by atoms with van der Waals surface area (Å²) in [6.45, 7) is 2.69. The number of amides is 1. The van der Waals surface area contributed by atoms with Crippen molar-refractivity contribution in [3.8, 4) is 0 Å². The number of hydrogen-bond donors (Lipinski definition) is 1. The molecule has 1 amide bonds. The van der Waals surface area contributed by atoms with E-state index in [0.29, 0.717) is 18.2 Å². The predicted octanol–water partition coefficient (Wildman–Crippen LogP) is 3.88. The average molecular weight is 329 g/mol. The number of rotatable bonds is 6. The highest BCUT2D eigenvalue weighted by Gasteiger charge is 2.29. The lowest BCUT2D eigenvalue weighted by Crippen LogP contribution is -2.39. The lowest BCUT2D eigenvalue weighted by atomic mass is 10.0. The van der Waals surface area contributed by atoms with Gasteiger partial charge in [-0.15, -0.1) is 0 Å². The van der Waals surface area contributed by atoms with Gasteiger partial charge in [-0.1, -0.05) is 36.6 Å². The van der Waals surface area contributed by atoms with Crippen LogP contribution in [-0.2, 0) is 4.74 Å². The van der Waals surface area contributed by atoms with Crippen molar-refractivity contribution in [1.29, 1.82) is 0 Å². The molecule has 22 heavy (non-hydrogen) atoms. The van der Waals surface area contributed by atoms with E-state index in [4.69, 9.17) is 22.1 Å². The van der Waals surface area contributed by atoms with Crippen molar-refractivity contribution in [2.45, 2.75) is 44.7 Å². The van der Waals surface area contributed by atoms with E-state index in [0.717, 1.165) is 12.8 Å². The van der Waals surface area contributed by atoms with Gasteiger partial charge < -0.3 is 10.5 Å². The summed E-state index contributed by atoms with van der Waals surface area (Å²) in [6.07, 6.45) is 3.70. The van der Waals surface area contributed by atoms with Gasteiger partial charge in [0.1, 0.15) is 12.4 Å². The first-order valence-electron chi connectivity index (χ1n) is 7.62. The molecule has 122 valence electrons. The van der Waals surface area contributed by atoms with Crippen LogP contribution in [0.1, 0.15) is 44.2 Å². The number of ether oxygens (including phenoxy) is 1. The molecule has 0 aromatic heterocycles. The zero-order valence-corrected chi connectivity index (χ0v) is 13.5. The summed E-state index contributed by atoms with van der Waals surface area (Å²) in [5, 5.41) is 0.129. The largest absolute Gasteiger partial charge is 0.448 e. The molecule has 2 N–H and O–H groups in total. The van der Waals surface area contributed by atoms with Crippen molar-refractivity contribution in [2.75, 3.05) is 13.2 Å². The van der Waals surface area contributed by atoms with Gasteiger partial charge in [-0.05, 0) is 25.8 Å². The maximum Gasteiger partial charge on any atom is 0.404 e. The molecule has 2 rings (SSSR count). The molecular formula is C16H22ClFN2O2. The Bertz CT molecular complexity index is 521. The van der Waals surface area contributed by atoms with E-state index >= 15 is 0 Å². The smallest absolute Gasteiger partial charge is 0.404 e. The summed E-state index contributed by atoms with van der Waals surface area (Å²) in [6, 6.07) is 5.28. The summed E-state index contributed by atoms with van der Waals surface area (Å²) in [7, 11) is 0. The van der Waals surface area contributed by atoms with Crippen molar-refractivity contribution >= 4 is 17.7 Å². The highest BCUT2D eigenvalue weighted by Crippen LogP contribution is 2.33. The van der Waals surface area contributed by atoms with E-state index in [2.05, 4.69) is 4.90 Å². The first-order valence-corrected chi connectivity index (χ1v) is 8.00. The Kier molecular flexibility index (Phi) is 6.03. The minimum Gasteiger partial charge on any atom is -0.448 e. The van der Waals surface area contributed by atoms with Crippen molar-refractivity contribution in [1.82, 2.24) is 4.90 Å². The first-order chi connectivity index (χ1) is 10.5. The summed E-state index contributed by atoms with van der Waals surface area (Å²) in [5.41, 5.74) is 5.57. The molecule has 1 aromatic rings. The lowest BCUT2D eigenvalue weighted by Gasteiger charge is -2.34. The van der Waals surface area contributed by atoms with Crippen LogP contribution in [0.3, 0.4) is 0 Å². The molecule has 0 bridgehead atoms. The van der Waals surface area contributed by atoms with Crippen molar-refractivity contribution in [3.63, 3.8) is 0 Å². The molecular weight excluding hydrogens is 307 g/mol. The zero-order valence-electron chi connectivity index (χ0n) is 12.7. The number of nitrogens with two attached hydrogens (primary N) is 1. The Morgan fingerprint density at radius 3 is 2.82 bits per heavy atom. The van der Waals surface area contributed by atoms with Crippen molar-refractivity contribution in [2.24, 2.45) is 5.73 Å². The van der Waals surface area contributed by atoms with E-state index in [1.54, 1.807) is 18.2 Å². The van der Waals surface area contributed by atoms with Crippen LogP contribution in [0.15, 0.2) is 18.2 Å². The van der Waals surface area contributed by atoms with E-state index in [-0.39, 0.29) is 23.5 Å². The van der Waals surface area contributed by atoms with Gasteiger partial charge in [-0.25, -0.2) is 9.18 Å². The zero-order chi connectivity index (χ0) is 16.1. The number of hydrogen-bond acceptors (Lipinski definition) is 3. The van der Waals surface area contributed by atoms with E-state index in [1.165, 1.54) is 12.8 Å². The fraction of sp³-hybridized carbons (Fsp3) is 0.562. The Morgan fingerprint density at radius 1 is 1.50 bits per heavy atom. The number of primary amides is 1. The van der Waals surface area contributed by atoms with Gasteiger partial charge >= 0.3 is 6.09 Å². The quantitative estimate of drug-likeness (QED) is 0.862. The van der Waals surface area contributed by atoms with Gasteiger partial charge in [0, 0.05) is 24.2 Å². The lowest BCUT2D eigenvalue weighted by molar-refractivity contribution is 0.0932. The topological polar surface area (TPSA) is 55.6 Å². The van der Waals surface area contributed by atoms with Gasteiger partial charge in [-0.2, -0.15) is 0 Å². The molecule has 4 nitrogen and oxygen atoms in total. The van der Waals surface area contributed by atoms with E-state index < -0.39 is 6.09 Å². The van der Waals surface area contributed by atoms with Crippen LogP contribution in [0.2, 0.25) is 5.02 Å². The first kappa shape index (κ1) is 17.0. The molecule has 0 saturated heterocycles. The number of benzene rings is 1. The number of nitrogens with zero attached hydrogens (tertiary/aromatic N) is 1. The summed E-state index contributed by atoms with van der Waals surface area (Å²) >= 11 is 5.89. The van der Waals surface area contributed by atoms with Gasteiger partial charge in [0.2, 0.25) is 0 Å². The van der Waals surface area contributed by atoms with Gasteiger partial charge in [0.05, 0.1) is 5.02 Å². The molecule has 1 aliphatic carbocycles. The highest BCUT2D eigenvalue weighted by atomic mass is 35.5. The molecule has 0 heterocycles. The van der Waals surface area contributed by atoms with Crippen molar-refractivity contribution in [3.05, 3.63) is 34.6 Å². The van der Waals surface area contributed by atoms with E-state index in [9.17, 15) is 9.18 Å². The molecule has 1 fully saturated rings. The molecule has 0 radical (unpaired) electrons. The van der Waals surface area contributed by atoms with E-state index in [1.807, 2.05) is 6.92 Å². The fourth-order valence-electron chi connectivity index (χ4n) is 3.20. The third kappa shape index (κ3) is 4.11. The minimum atomic E-state index is -0.784. The highest BCUT2D eigenvalue weighted by molar-refractivity contribution is 6.30. The summed E-state index contributed by atoms with van der Waals surface area (Å²) in [4.78, 5) is 12.9. The van der Waals surface area contributed by atoms with Crippen LogP contribution in [0.5, 0.6) is 0 Å². The second-order valence-electron chi connectivity index (χ2n) is 5.66. The van der Waals surface area contributed by atoms with Crippen LogP contribution in [0.4, 0.5) is 9.18 Å². The second kappa shape index (κ2) is 7.79. The van der Waals surface area contributed by atoms with Crippen LogP contribution >= 0.6 is 11.6 Å².